The third-order valence-electron chi connectivity index (χ3n) is 6.90. The molecule has 0 atom stereocenters. The third kappa shape index (κ3) is 4.63. The van der Waals surface area contributed by atoms with Gasteiger partial charge in [0.15, 0.2) is 0 Å². The summed E-state index contributed by atoms with van der Waals surface area (Å²) >= 11 is 1.62. The summed E-state index contributed by atoms with van der Waals surface area (Å²) in [6.07, 6.45) is 2.89. The lowest BCUT2D eigenvalue weighted by Gasteiger charge is -2.33. The van der Waals surface area contributed by atoms with Gasteiger partial charge in [0.1, 0.15) is 0 Å². The molecular weight excluding hydrogens is 430 g/mol. The van der Waals surface area contributed by atoms with Crippen LogP contribution in [0.4, 0.5) is 0 Å². The SMILES string of the molecule is CCN1CCN(CCCNC(=O)c2cc3c(s2)-c2c(C)nn(-c4ccccc4)c2CC3)CC1. The van der Waals surface area contributed by atoms with Gasteiger partial charge in [-0.1, -0.05) is 25.1 Å². The lowest BCUT2D eigenvalue weighted by Crippen LogP contribution is -2.46. The van der Waals surface area contributed by atoms with E-state index in [-0.39, 0.29) is 5.91 Å². The van der Waals surface area contributed by atoms with Crippen molar-refractivity contribution in [2.75, 3.05) is 45.8 Å². The van der Waals surface area contributed by atoms with Gasteiger partial charge in [0.05, 0.1) is 22.0 Å². The Labute approximate surface area is 200 Å². The Kier molecular flexibility index (Phi) is 6.62. The predicted molar refractivity (Wildman–Crippen MR) is 135 cm³/mol. The Hall–Kier alpha value is -2.48. The molecule has 0 bridgehead atoms. The monoisotopic (exact) mass is 463 g/mol. The number of aromatic nitrogens is 2. The highest BCUT2D eigenvalue weighted by atomic mass is 32.1. The first-order valence-corrected chi connectivity index (χ1v) is 13.0. The van der Waals surface area contributed by atoms with Crippen LogP contribution < -0.4 is 5.32 Å². The summed E-state index contributed by atoms with van der Waals surface area (Å²) in [4.78, 5) is 19.9. The smallest absolute Gasteiger partial charge is 0.261 e. The van der Waals surface area contributed by atoms with Crippen LogP contribution in [0.25, 0.3) is 16.1 Å². The largest absolute Gasteiger partial charge is 0.351 e. The van der Waals surface area contributed by atoms with Gasteiger partial charge in [-0.05, 0) is 63.0 Å². The lowest BCUT2D eigenvalue weighted by atomic mass is 9.95. The minimum Gasteiger partial charge on any atom is -0.351 e. The number of carbonyl (C=O) groups excluding carboxylic acids is 1. The van der Waals surface area contributed by atoms with Crippen molar-refractivity contribution < 1.29 is 4.79 Å². The topological polar surface area (TPSA) is 53.4 Å². The molecule has 1 fully saturated rings. The highest BCUT2D eigenvalue weighted by molar-refractivity contribution is 7.17. The normalized spacial score (nSPS) is 16.4. The summed E-state index contributed by atoms with van der Waals surface area (Å²) in [6, 6.07) is 12.4. The highest BCUT2D eigenvalue weighted by Gasteiger charge is 2.27. The number of para-hydroxylation sites is 1. The van der Waals surface area contributed by atoms with Crippen molar-refractivity contribution in [2.24, 2.45) is 0 Å². The van der Waals surface area contributed by atoms with Crippen molar-refractivity contribution in [2.45, 2.75) is 33.1 Å². The quantitative estimate of drug-likeness (QED) is 0.542. The molecule has 1 amide bonds. The van der Waals surface area contributed by atoms with Crippen molar-refractivity contribution in [3.63, 3.8) is 0 Å². The van der Waals surface area contributed by atoms with E-state index in [1.165, 1.54) is 21.7 Å². The number of aryl methyl sites for hydroxylation is 2. The Balaban J connectivity index is 1.22. The van der Waals surface area contributed by atoms with Crippen LogP contribution in [0.5, 0.6) is 0 Å². The second-order valence-electron chi connectivity index (χ2n) is 9.00. The zero-order valence-electron chi connectivity index (χ0n) is 19.6. The summed E-state index contributed by atoms with van der Waals surface area (Å²) < 4.78 is 2.08. The third-order valence-corrected chi connectivity index (χ3v) is 8.09. The Morgan fingerprint density at radius 3 is 2.61 bits per heavy atom. The van der Waals surface area contributed by atoms with Crippen LogP contribution in [-0.4, -0.2) is 71.3 Å². The van der Waals surface area contributed by atoms with Gasteiger partial charge in [-0.3, -0.25) is 4.79 Å². The van der Waals surface area contributed by atoms with Crippen LogP contribution in [0.2, 0.25) is 0 Å². The number of rotatable bonds is 7. The molecule has 0 unspecified atom stereocenters. The molecule has 2 aliphatic rings. The Morgan fingerprint density at radius 2 is 1.85 bits per heavy atom. The van der Waals surface area contributed by atoms with E-state index in [0.29, 0.717) is 0 Å². The molecule has 1 N–H and O–H groups in total. The molecule has 174 valence electrons. The second kappa shape index (κ2) is 9.79. The maximum absolute atomic E-state index is 12.9. The first-order chi connectivity index (χ1) is 16.1. The summed E-state index contributed by atoms with van der Waals surface area (Å²) in [5.74, 6) is 0.0554. The number of piperazine rings is 1. The second-order valence-corrected chi connectivity index (χ2v) is 10.1. The molecule has 1 aromatic carbocycles. The molecule has 7 heteroatoms. The van der Waals surface area contributed by atoms with Crippen LogP contribution in [-0.2, 0) is 12.8 Å². The standard InChI is InChI=1S/C26H33N5OS/c1-3-29-14-16-30(17-15-29)13-7-12-27-26(32)23-18-20-10-11-22-24(25(20)33-23)19(2)28-31(22)21-8-5-4-6-9-21/h4-6,8-9,18H,3,7,10-17H2,1-2H3,(H,27,32). The average molecular weight is 464 g/mol. The number of likely N-dealkylation sites (N-methyl/N-ethyl adjacent to an activating group) is 1. The molecule has 33 heavy (non-hydrogen) atoms. The number of nitrogens with zero attached hydrogens (tertiary/aromatic N) is 4. The highest BCUT2D eigenvalue weighted by Crippen LogP contribution is 2.42. The van der Waals surface area contributed by atoms with E-state index in [1.807, 2.05) is 18.2 Å². The average Bonchev–Trinajstić information content (AvgIpc) is 3.44. The molecule has 1 saturated heterocycles. The molecule has 0 radical (unpaired) electrons. The summed E-state index contributed by atoms with van der Waals surface area (Å²) in [5.41, 5.74) is 5.88. The van der Waals surface area contributed by atoms with Crippen molar-refractivity contribution in [3.8, 4) is 16.1 Å². The van der Waals surface area contributed by atoms with Crippen LogP contribution in [0.15, 0.2) is 36.4 Å². The maximum Gasteiger partial charge on any atom is 0.261 e. The maximum atomic E-state index is 12.9. The van der Waals surface area contributed by atoms with Crippen LogP contribution in [0.3, 0.4) is 0 Å². The van der Waals surface area contributed by atoms with E-state index in [1.54, 1.807) is 11.3 Å². The van der Waals surface area contributed by atoms with Gasteiger partial charge < -0.3 is 15.1 Å². The summed E-state index contributed by atoms with van der Waals surface area (Å²) in [7, 11) is 0. The molecule has 1 aliphatic carbocycles. The molecular formula is C26H33N5OS. The van der Waals surface area contributed by atoms with Gasteiger partial charge in [-0.2, -0.15) is 5.10 Å². The van der Waals surface area contributed by atoms with Crippen LogP contribution in [0, 0.1) is 6.92 Å². The number of nitrogens with one attached hydrogen (secondary N) is 1. The number of amides is 1. The minimum atomic E-state index is 0.0554. The minimum absolute atomic E-state index is 0.0554. The van der Waals surface area contributed by atoms with Crippen molar-refractivity contribution in [3.05, 3.63) is 58.2 Å². The predicted octanol–water partition coefficient (Wildman–Crippen LogP) is 3.77. The van der Waals surface area contributed by atoms with E-state index < -0.39 is 0 Å². The lowest BCUT2D eigenvalue weighted by molar-refractivity contribution is 0.0952. The Morgan fingerprint density at radius 1 is 1.09 bits per heavy atom. The number of benzene rings is 1. The number of hydrogen-bond donors (Lipinski definition) is 1. The Bertz CT molecular complexity index is 1110. The van der Waals surface area contributed by atoms with E-state index >= 15 is 0 Å². The zero-order valence-corrected chi connectivity index (χ0v) is 20.5. The molecule has 5 rings (SSSR count). The van der Waals surface area contributed by atoms with E-state index in [0.717, 1.165) is 81.3 Å². The number of thiophene rings is 1. The molecule has 2 aromatic heterocycles. The first-order valence-electron chi connectivity index (χ1n) is 12.1. The van der Waals surface area contributed by atoms with Gasteiger partial charge in [0, 0.05) is 43.2 Å². The molecule has 0 spiro atoms. The van der Waals surface area contributed by atoms with Crippen LogP contribution in [0.1, 0.15) is 40.0 Å². The number of carbonyl (C=O) groups is 1. The van der Waals surface area contributed by atoms with Crippen LogP contribution >= 0.6 is 11.3 Å². The fourth-order valence-electron chi connectivity index (χ4n) is 5.00. The molecule has 1 aliphatic heterocycles. The first kappa shape index (κ1) is 22.3. The molecule has 3 heterocycles. The van der Waals surface area contributed by atoms with Gasteiger partial charge >= 0.3 is 0 Å². The van der Waals surface area contributed by atoms with Gasteiger partial charge in [0.25, 0.3) is 5.91 Å². The van der Waals surface area contributed by atoms with Crippen molar-refractivity contribution >= 4 is 17.2 Å². The van der Waals surface area contributed by atoms with Gasteiger partial charge in [-0.25, -0.2) is 4.68 Å². The summed E-state index contributed by atoms with van der Waals surface area (Å²) in [6.45, 7) is 11.8. The summed E-state index contributed by atoms with van der Waals surface area (Å²) in [5, 5.41) is 8.00. The molecule has 6 nitrogen and oxygen atoms in total. The van der Waals surface area contributed by atoms with E-state index in [2.05, 4.69) is 51.8 Å². The zero-order chi connectivity index (χ0) is 22.8. The number of hydrogen-bond acceptors (Lipinski definition) is 5. The molecule has 3 aromatic rings. The van der Waals surface area contributed by atoms with E-state index in [4.69, 9.17) is 5.10 Å². The van der Waals surface area contributed by atoms with Gasteiger partial charge in [0.2, 0.25) is 0 Å². The van der Waals surface area contributed by atoms with E-state index in [9.17, 15) is 4.79 Å². The van der Waals surface area contributed by atoms with Crippen molar-refractivity contribution in [1.82, 2.24) is 24.9 Å². The van der Waals surface area contributed by atoms with Crippen molar-refractivity contribution in [1.29, 1.82) is 0 Å². The fraction of sp³-hybridized carbons (Fsp3) is 0.462. The van der Waals surface area contributed by atoms with Gasteiger partial charge in [-0.15, -0.1) is 11.3 Å². The molecule has 0 saturated carbocycles. The number of fused-ring (bicyclic) bond motifs is 3. The fourth-order valence-corrected chi connectivity index (χ4v) is 6.24.